The van der Waals surface area contributed by atoms with Crippen LogP contribution in [0.4, 0.5) is 0 Å². The topological polar surface area (TPSA) is 113 Å². The number of phenols is 3. The molecule has 29 heavy (non-hydrogen) atoms. The van der Waals surface area contributed by atoms with Crippen LogP contribution in [0.25, 0.3) is 22.3 Å². The minimum Gasteiger partial charge on any atom is -0.507 e. The third-order valence-corrected chi connectivity index (χ3v) is 4.71. The number of aromatic hydroxyl groups is 3. The number of furan rings is 1. The van der Waals surface area contributed by atoms with Gasteiger partial charge in [0.1, 0.15) is 34.2 Å². The van der Waals surface area contributed by atoms with E-state index in [9.17, 15) is 20.4 Å². The molecule has 0 bridgehead atoms. The molecule has 3 rings (SSSR count). The standard InChI is InChI=1S/C22H24O7/c1-11(2)5-6-12-7-17-18(20(26)21(12)28-4)14(10-23)22(29-17)19-15(24)8-13(27-3)9-16(19)25/h5,7-9,23-26H,6,10H2,1-4H3. The molecule has 0 saturated carbocycles. The first kappa shape index (κ1) is 20.4. The van der Waals surface area contributed by atoms with E-state index < -0.39 is 6.61 Å². The molecule has 0 aliphatic rings. The summed E-state index contributed by atoms with van der Waals surface area (Å²) < 4.78 is 16.3. The predicted octanol–water partition coefficient (Wildman–Crippen LogP) is 4.23. The van der Waals surface area contributed by atoms with Gasteiger partial charge < -0.3 is 34.3 Å². The summed E-state index contributed by atoms with van der Waals surface area (Å²) in [5, 5.41) is 41.8. The second-order valence-electron chi connectivity index (χ2n) is 6.88. The SMILES string of the molecule is COc1cc(O)c(-c2oc3cc(CC=C(C)C)c(OC)c(O)c3c2CO)c(O)c1. The number of aliphatic hydroxyl groups is 1. The van der Waals surface area contributed by atoms with E-state index in [1.54, 1.807) is 6.07 Å². The van der Waals surface area contributed by atoms with Gasteiger partial charge in [0.25, 0.3) is 0 Å². The first-order chi connectivity index (χ1) is 13.8. The molecule has 0 aliphatic heterocycles. The quantitative estimate of drug-likeness (QED) is 0.458. The molecule has 0 unspecified atom stereocenters. The zero-order chi connectivity index (χ0) is 21.3. The van der Waals surface area contributed by atoms with Crippen LogP contribution < -0.4 is 9.47 Å². The van der Waals surface area contributed by atoms with Crippen molar-refractivity contribution in [3.63, 3.8) is 0 Å². The van der Waals surface area contributed by atoms with Crippen LogP contribution in [0.3, 0.4) is 0 Å². The molecule has 7 heteroatoms. The summed E-state index contributed by atoms with van der Waals surface area (Å²) >= 11 is 0. The lowest BCUT2D eigenvalue weighted by molar-refractivity contribution is 0.282. The van der Waals surface area contributed by atoms with E-state index in [-0.39, 0.29) is 51.0 Å². The van der Waals surface area contributed by atoms with Crippen LogP contribution in [-0.2, 0) is 13.0 Å². The van der Waals surface area contributed by atoms with Gasteiger partial charge in [-0.1, -0.05) is 11.6 Å². The first-order valence-corrected chi connectivity index (χ1v) is 9.01. The molecule has 7 nitrogen and oxygen atoms in total. The molecule has 0 spiro atoms. The third kappa shape index (κ3) is 3.56. The van der Waals surface area contributed by atoms with Crippen molar-refractivity contribution in [3.8, 4) is 40.1 Å². The van der Waals surface area contributed by atoms with Crippen molar-refractivity contribution in [2.75, 3.05) is 14.2 Å². The highest BCUT2D eigenvalue weighted by atomic mass is 16.5. The average Bonchev–Trinajstić information content (AvgIpc) is 3.03. The zero-order valence-electron chi connectivity index (χ0n) is 16.7. The molecule has 0 atom stereocenters. The van der Waals surface area contributed by atoms with E-state index in [1.165, 1.54) is 26.4 Å². The summed E-state index contributed by atoms with van der Waals surface area (Å²) in [5.41, 5.74) is 2.33. The Balaban J connectivity index is 2.31. The Morgan fingerprint density at radius 1 is 1.03 bits per heavy atom. The second-order valence-corrected chi connectivity index (χ2v) is 6.88. The number of aliphatic hydroxyl groups excluding tert-OH is 1. The number of fused-ring (bicyclic) bond motifs is 1. The summed E-state index contributed by atoms with van der Waals surface area (Å²) in [7, 11) is 2.86. The van der Waals surface area contributed by atoms with Gasteiger partial charge in [0, 0.05) is 23.3 Å². The van der Waals surface area contributed by atoms with Gasteiger partial charge in [0.05, 0.1) is 26.2 Å². The van der Waals surface area contributed by atoms with E-state index in [0.717, 1.165) is 5.57 Å². The van der Waals surface area contributed by atoms with Gasteiger partial charge >= 0.3 is 0 Å². The van der Waals surface area contributed by atoms with E-state index in [4.69, 9.17) is 13.9 Å². The number of rotatable bonds is 6. The second kappa shape index (κ2) is 7.97. The number of ether oxygens (including phenoxy) is 2. The molecule has 0 radical (unpaired) electrons. The minimum atomic E-state index is -0.489. The molecular formula is C22H24O7. The van der Waals surface area contributed by atoms with Crippen LogP contribution in [0.5, 0.6) is 28.7 Å². The number of benzene rings is 2. The van der Waals surface area contributed by atoms with Crippen molar-refractivity contribution >= 4 is 11.0 Å². The lowest BCUT2D eigenvalue weighted by Gasteiger charge is -2.10. The molecule has 0 amide bonds. The Bertz CT molecular complexity index is 1070. The molecule has 0 fully saturated rings. The summed E-state index contributed by atoms with van der Waals surface area (Å²) in [5.74, 6) is -0.150. The average molecular weight is 400 g/mol. The van der Waals surface area contributed by atoms with E-state index in [2.05, 4.69) is 0 Å². The maximum Gasteiger partial charge on any atom is 0.169 e. The number of methoxy groups -OCH3 is 2. The Morgan fingerprint density at radius 3 is 2.21 bits per heavy atom. The van der Waals surface area contributed by atoms with Crippen LogP contribution in [0, 0.1) is 0 Å². The fraction of sp³-hybridized carbons (Fsp3) is 0.273. The summed E-state index contributed by atoms with van der Waals surface area (Å²) in [6.45, 7) is 3.45. The monoisotopic (exact) mass is 400 g/mol. The number of hydrogen-bond acceptors (Lipinski definition) is 7. The maximum absolute atomic E-state index is 10.8. The molecule has 3 aromatic rings. The van der Waals surface area contributed by atoms with Crippen molar-refractivity contribution in [1.82, 2.24) is 0 Å². The van der Waals surface area contributed by atoms with Gasteiger partial charge in [-0.05, 0) is 26.3 Å². The van der Waals surface area contributed by atoms with Gasteiger partial charge in [0.2, 0.25) is 0 Å². The Kier molecular flexibility index (Phi) is 5.61. The highest BCUT2D eigenvalue weighted by Gasteiger charge is 2.26. The van der Waals surface area contributed by atoms with Crippen molar-refractivity contribution in [2.45, 2.75) is 26.9 Å². The largest absolute Gasteiger partial charge is 0.507 e. The zero-order valence-corrected chi connectivity index (χ0v) is 16.7. The van der Waals surface area contributed by atoms with Crippen molar-refractivity contribution in [2.24, 2.45) is 0 Å². The van der Waals surface area contributed by atoms with Crippen LogP contribution in [-0.4, -0.2) is 34.6 Å². The van der Waals surface area contributed by atoms with Crippen LogP contribution >= 0.6 is 0 Å². The van der Waals surface area contributed by atoms with Crippen LogP contribution in [0.2, 0.25) is 0 Å². The third-order valence-electron chi connectivity index (χ3n) is 4.71. The fourth-order valence-corrected chi connectivity index (χ4v) is 3.32. The van der Waals surface area contributed by atoms with E-state index in [1.807, 2.05) is 19.9 Å². The van der Waals surface area contributed by atoms with Gasteiger partial charge in [-0.25, -0.2) is 0 Å². The van der Waals surface area contributed by atoms with Crippen LogP contribution in [0.15, 0.2) is 34.3 Å². The van der Waals surface area contributed by atoms with Crippen molar-refractivity contribution in [1.29, 1.82) is 0 Å². The smallest absolute Gasteiger partial charge is 0.169 e. The van der Waals surface area contributed by atoms with Crippen molar-refractivity contribution in [3.05, 3.63) is 41.0 Å². The summed E-state index contributed by atoms with van der Waals surface area (Å²) in [6.07, 6.45) is 2.50. The van der Waals surface area contributed by atoms with Gasteiger partial charge in [-0.15, -0.1) is 0 Å². The Labute approximate surface area is 168 Å². The number of phenolic OH excluding ortho intramolecular Hbond substituents is 3. The van der Waals surface area contributed by atoms with Gasteiger partial charge in [0.15, 0.2) is 11.5 Å². The van der Waals surface area contributed by atoms with Gasteiger partial charge in [-0.2, -0.15) is 0 Å². The van der Waals surface area contributed by atoms with Crippen LogP contribution in [0.1, 0.15) is 25.0 Å². The first-order valence-electron chi connectivity index (χ1n) is 9.01. The Morgan fingerprint density at radius 2 is 1.69 bits per heavy atom. The normalized spacial score (nSPS) is 10.9. The molecule has 1 aromatic heterocycles. The molecule has 154 valence electrons. The van der Waals surface area contributed by atoms with Gasteiger partial charge in [-0.3, -0.25) is 0 Å². The summed E-state index contributed by atoms with van der Waals surface area (Å²) in [6, 6.07) is 4.36. The number of hydrogen-bond donors (Lipinski definition) is 4. The molecular weight excluding hydrogens is 376 g/mol. The lowest BCUT2D eigenvalue weighted by Crippen LogP contribution is -1.94. The maximum atomic E-state index is 10.8. The van der Waals surface area contributed by atoms with E-state index >= 15 is 0 Å². The molecule has 4 N–H and O–H groups in total. The van der Waals surface area contributed by atoms with E-state index in [0.29, 0.717) is 17.6 Å². The highest BCUT2D eigenvalue weighted by molar-refractivity contribution is 5.96. The fourth-order valence-electron chi connectivity index (χ4n) is 3.32. The molecule has 0 saturated heterocycles. The minimum absolute atomic E-state index is 0.00438. The predicted molar refractivity (Wildman–Crippen MR) is 109 cm³/mol. The molecule has 1 heterocycles. The number of allylic oxidation sites excluding steroid dienone is 2. The molecule has 2 aromatic carbocycles. The van der Waals surface area contributed by atoms with Crippen molar-refractivity contribution < 1.29 is 34.3 Å². The Hall–Kier alpha value is -3.32. The highest BCUT2D eigenvalue weighted by Crippen LogP contribution is 2.49. The summed E-state index contributed by atoms with van der Waals surface area (Å²) in [4.78, 5) is 0. The molecule has 0 aliphatic carbocycles. The lowest BCUT2D eigenvalue weighted by atomic mass is 10.0.